The van der Waals surface area contributed by atoms with E-state index in [9.17, 15) is 0 Å². The molecule has 2 aliphatic rings. The summed E-state index contributed by atoms with van der Waals surface area (Å²) in [4.78, 5) is 0. The van der Waals surface area contributed by atoms with Gasteiger partial charge in [-0.25, -0.2) is 0 Å². The molecule has 0 saturated carbocycles. The van der Waals surface area contributed by atoms with Crippen molar-refractivity contribution in [2.24, 2.45) is 0 Å². The van der Waals surface area contributed by atoms with Gasteiger partial charge in [-0.3, -0.25) is 0 Å². The van der Waals surface area contributed by atoms with Gasteiger partial charge in [0.05, 0.1) is 33.4 Å². The van der Waals surface area contributed by atoms with Crippen LogP contribution < -0.4 is 9.06 Å². The van der Waals surface area contributed by atoms with Crippen LogP contribution in [0.1, 0.15) is 38.8 Å². The van der Waals surface area contributed by atoms with Crippen molar-refractivity contribution in [2.45, 2.75) is 45.8 Å². The summed E-state index contributed by atoms with van der Waals surface area (Å²) in [5, 5.41) is 0. The number of thiophene rings is 3. The van der Waals surface area contributed by atoms with E-state index < -0.39 is 8.07 Å². The lowest BCUT2D eigenvalue weighted by Crippen LogP contribution is -2.29. The molecule has 0 N–H and O–H groups in total. The molecule has 0 atom stereocenters. The lowest BCUT2D eigenvalue weighted by atomic mass is 10.0. The summed E-state index contributed by atoms with van der Waals surface area (Å²) < 4.78 is 8.46. The Labute approximate surface area is 231 Å². The summed E-state index contributed by atoms with van der Waals surface area (Å²) in [7, 11) is -1.53. The van der Waals surface area contributed by atoms with E-state index in [0.29, 0.717) is 0 Å². The lowest BCUT2D eigenvalue weighted by molar-refractivity contribution is 1.20. The summed E-state index contributed by atoms with van der Waals surface area (Å²) >= 11 is 5.88. The maximum Gasteiger partial charge on any atom is 0.138 e. The quantitative estimate of drug-likeness (QED) is 0.157. The molecule has 3 aromatic heterocycles. The molecule has 0 spiro atoms. The van der Waals surface area contributed by atoms with Crippen LogP contribution in [0.15, 0.2) is 48.5 Å². The average molecular weight is 547 g/mol. The maximum atomic E-state index is 3.89. The zero-order chi connectivity index (χ0) is 25.3. The van der Waals surface area contributed by atoms with Crippen molar-refractivity contribution in [2.75, 3.05) is 0 Å². The molecule has 0 fully saturated rings. The summed E-state index contributed by atoms with van der Waals surface area (Å²) in [6, 6.07) is 21.4. The fourth-order valence-electron chi connectivity index (χ4n) is 5.94. The highest BCUT2D eigenvalue weighted by Crippen LogP contribution is 2.51. The van der Waals surface area contributed by atoms with Gasteiger partial charge in [0.2, 0.25) is 0 Å². The molecule has 0 bridgehead atoms. The minimum Gasteiger partial charge on any atom is -0.132 e. The summed E-state index contributed by atoms with van der Waals surface area (Å²) in [5.74, 6) is 10.4. The van der Waals surface area contributed by atoms with E-state index >= 15 is 0 Å². The fraction of sp³-hybridized carbons (Fsp3) is 0.212. The predicted octanol–water partition coefficient (Wildman–Crippen LogP) is 8.61. The van der Waals surface area contributed by atoms with Crippen molar-refractivity contribution in [3.05, 3.63) is 68.7 Å². The van der Waals surface area contributed by atoms with Crippen molar-refractivity contribution in [1.82, 2.24) is 0 Å². The zero-order valence-electron chi connectivity index (χ0n) is 21.5. The van der Waals surface area contributed by atoms with E-state index in [1.165, 1.54) is 90.5 Å². The number of benzene rings is 2. The lowest BCUT2D eigenvalue weighted by Gasteiger charge is -2.20. The molecule has 0 aliphatic heterocycles. The number of hydrogen-bond acceptors (Lipinski definition) is 3. The molecular formula is C33H26S3Si. The molecule has 180 valence electrons. The molecule has 2 aliphatic carbocycles. The first kappa shape index (κ1) is 23.3. The van der Waals surface area contributed by atoms with Crippen LogP contribution in [-0.4, -0.2) is 8.07 Å². The van der Waals surface area contributed by atoms with Gasteiger partial charge in [-0.2, -0.15) is 0 Å². The molecule has 7 rings (SSSR count). The van der Waals surface area contributed by atoms with E-state index in [1.807, 2.05) is 40.9 Å². The third-order valence-corrected chi connectivity index (χ3v) is 17.0. The Morgan fingerprint density at radius 1 is 0.595 bits per heavy atom. The smallest absolute Gasteiger partial charge is 0.132 e. The molecule has 37 heavy (non-hydrogen) atoms. The van der Waals surface area contributed by atoms with Crippen LogP contribution >= 0.6 is 34.0 Å². The standard InChI is InChI=1S/C33H26S3Si/c1-5-13-24-20-14-9-11-16-22(20)26-28(24)34-32-30(26)36-31-27-23-17-12-10-15-21(23)25(29(27)35-33(31)32)18-19-37(6-2,7-3)8-4/h9-12,14-17H,6-8H2,1-4H3. The molecule has 3 heterocycles. The zero-order valence-corrected chi connectivity index (χ0v) is 24.9. The van der Waals surface area contributed by atoms with Crippen LogP contribution in [0.4, 0.5) is 0 Å². The van der Waals surface area contributed by atoms with Gasteiger partial charge in [-0.05, 0) is 47.3 Å². The largest absolute Gasteiger partial charge is 0.138 e. The topological polar surface area (TPSA) is 0 Å². The first-order valence-electron chi connectivity index (χ1n) is 13.1. The van der Waals surface area contributed by atoms with E-state index in [1.54, 1.807) is 0 Å². The number of rotatable bonds is 3. The third-order valence-electron chi connectivity index (χ3n) is 8.26. The van der Waals surface area contributed by atoms with Crippen LogP contribution in [0.3, 0.4) is 0 Å². The van der Waals surface area contributed by atoms with Gasteiger partial charge < -0.3 is 0 Å². The summed E-state index contributed by atoms with van der Waals surface area (Å²) in [6.07, 6.45) is 0. The van der Waals surface area contributed by atoms with Crippen LogP contribution in [0.25, 0.3) is 52.2 Å². The summed E-state index contributed by atoms with van der Waals surface area (Å²) in [5.41, 5.74) is 14.5. The highest BCUT2D eigenvalue weighted by Gasteiger charge is 2.30. The Hall–Kier alpha value is -2.86. The Morgan fingerprint density at radius 2 is 1.05 bits per heavy atom. The second-order valence-corrected chi connectivity index (χ2v) is 17.8. The SMILES string of the molecule is CC#CC1=c2sc3c(sc4c5c(sc43)=C(C#C[Si](CC)(CC)CC)c3ccccc3-5)c2-c2ccccc21. The van der Waals surface area contributed by atoms with Crippen molar-refractivity contribution >= 4 is 72.0 Å². The Morgan fingerprint density at radius 3 is 1.51 bits per heavy atom. The van der Waals surface area contributed by atoms with Gasteiger partial charge in [0.15, 0.2) is 0 Å². The Kier molecular flexibility index (Phi) is 5.40. The molecule has 2 aromatic carbocycles. The third kappa shape index (κ3) is 3.14. The molecule has 0 radical (unpaired) electrons. The molecule has 4 heteroatoms. The average Bonchev–Trinajstić information content (AvgIpc) is 3.69. The van der Waals surface area contributed by atoms with Crippen LogP contribution in [0, 0.1) is 23.3 Å². The number of fused-ring (bicyclic) bond motifs is 11. The van der Waals surface area contributed by atoms with Crippen molar-refractivity contribution in [1.29, 1.82) is 0 Å². The highest BCUT2D eigenvalue weighted by molar-refractivity contribution is 7.39. The van der Waals surface area contributed by atoms with Gasteiger partial charge in [0.1, 0.15) is 8.07 Å². The maximum absolute atomic E-state index is 3.89. The minimum atomic E-state index is -1.53. The predicted molar refractivity (Wildman–Crippen MR) is 169 cm³/mol. The molecule has 0 unspecified atom stereocenters. The van der Waals surface area contributed by atoms with Gasteiger partial charge in [-0.15, -0.1) is 45.5 Å². The first-order chi connectivity index (χ1) is 18.1. The Balaban J connectivity index is 1.55. The van der Waals surface area contributed by atoms with Crippen molar-refractivity contribution < 1.29 is 0 Å². The molecule has 0 nitrogen and oxygen atoms in total. The second kappa shape index (κ2) is 8.59. The van der Waals surface area contributed by atoms with Gasteiger partial charge in [0, 0.05) is 16.7 Å². The monoisotopic (exact) mass is 546 g/mol. The van der Waals surface area contributed by atoms with E-state index in [0.717, 1.165) is 0 Å². The fourth-order valence-corrected chi connectivity index (χ4v) is 12.9. The van der Waals surface area contributed by atoms with Gasteiger partial charge in [0.25, 0.3) is 0 Å². The van der Waals surface area contributed by atoms with E-state index in [2.05, 4.69) is 92.6 Å². The van der Waals surface area contributed by atoms with Gasteiger partial charge >= 0.3 is 0 Å². The van der Waals surface area contributed by atoms with Crippen molar-refractivity contribution in [3.63, 3.8) is 0 Å². The Bertz CT molecular complexity index is 2010. The molecular weight excluding hydrogens is 521 g/mol. The first-order valence-corrected chi connectivity index (χ1v) is 18.1. The van der Waals surface area contributed by atoms with Crippen LogP contribution in [0.5, 0.6) is 0 Å². The molecule has 5 aromatic rings. The second-order valence-electron chi connectivity index (χ2n) is 9.84. The molecule has 0 saturated heterocycles. The molecule has 0 amide bonds. The van der Waals surface area contributed by atoms with Crippen LogP contribution in [0.2, 0.25) is 18.1 Å². The summed E-state index contributed by atoms with van der Waals surface area (Å²) in [6.45, 7) is 8.96. The normalized spacial score (nSPS) is 13.2. The van der Waals surface area contributed by atoms with Crippen molar-refractivity contribution in [3.8, 4) is 45.6 Å². The minimum absolute atomic E-state index is 1.20. The van der Waals surface area contributed by atoms with Gasteiger partial charge in [-0.1, -0.05) is 81.1 Å². The number of hydrogen-bond donors (Lipinski definition) is 0. The van der Waals surface area contributed by atoms with Crippen LogP contribution in [-0.2, 0) is 0 Å². The van der Waals surface area contributed by atoms with E-state index in [-0.39, 0.29) is 0 Å². The highest BCUT2D eigenvalue weighted by atomic mass is 32.1. The van der Waals surface area contributed by atoms with E-state index in [4.69, 9.17) is 0 Å².